The number of nitrogens with zero attached hydrogens (tertiary/aromatic N) is 1. The van der Waals surface area contributed by atoms with E-state index < -0.39 is 0 Å². The Balaban J connectivity index is 1.85. The molecule has 5 nitrogen and oxygen atoms in total. The number of carbonyl (C=O) groups is 1. The third-order valence-corrected chi connectivity index (χ3v) is 4.68. The van der Waals surface area contributed by atoms with Crippen LogP contribution >= 0.6 is 0 Å². The number of hydrogen-bond acceptors (Lipinski definition) is 4. The van der Waals surface area contributed by atoms with Crippen molar-refractivity contribution < 1.29 is 14.3 Å². The second-order valence-electron chi connectivity index (χ2n) is 6.12. The van der Waals surface area contributed by atoms with Gasteiger partial charge in [-0.2, -0.15) is 0 Å². The Morgan fingerprint density at radius 1 is 1.13 bits per heavy atom. The number of carbonyl (C=O) groups excluding carboxylic acids is 1. The maximum absolute atomic E-state index is 13.0. The standard InChI is InChI=1S/C18H26N2O3/c1-3-22-16-8-5-13(11-17(16)23-4-2)18(21)20-14-6-7-15(20)12-19-10-9-14/h5,8,11,14-15,19H,3-4,6-7,9-10,12H2,1-2H3. The number of benzene rings is 1. The predicted molar refractivity (Wildman–Crippen MR) is 89.2 cm³/mol. The molecule has 2 fully saturated rings. The van der Waals surface area contributed by atoms with Gasteiger partial charge in [-0.05, 0) is 57.9 Å². The van der Waals surface area contributed by atoms with Gasteiger partial charge in [0.1, 0.15) is 0 Å². The molecule has 23 heavy (non-hydrogen) atoms. The molecule has 126 valence electrons. The molecule has 0 radical (unpaired) electrons. The highest BCUT2D eigenvalue weighted by atomic mass is 16.5. The topological polar surface area (TPSA) is 50.8 Å². The SMILES string of the molecule is CCOc1ccc(C(=O)N2C3CCNCC2CC3)cc1OCC. The predicted octanol–water partition coefficient (Wildman–Crippen LogP) is 2.45. The largest absolute Gasteiger partial charge is 0.490 e. The Hall–Kier alpha value is -1.75. The fourth-order valence-corrected chi connectivity index (χ4v) is 3.65. The number of amides is 1. The summed E-state index contributed by atoms with van der Waals surface area (Å²) in [7, 11) is 0. The van der Waals surface area contributed by atoms with Crippen LogP contribution in [0.25, 0.3) is 0 Å². The van der Waals surface area contributed by atoms with E-state index in [0.717, 1.165) is 32.4 Å². The van der Waals surface area contributed by atoms with Gasteiger partial charge in [-0.3, -0.25) is 4.79 Å². The lowest BCUT2D eigenvalue weighted by Crippen LogP contribution is -2.42. The highest BCUT2D eigenvalue weighted by Crippen LogP contribution is 2.33. The summed E-state index contributed by atoms with van der Waals surface area (Å²) in [4.78, 5) is 15.1. The highest BCUT2D eigenvalue weighted by Gasteiger charge is 2.38. The maximum atomic E-state index is 13.0. The van der Waals surface area contributed by atoms with Crippen LogP contribution in [-0.2, 0) is 0 Å². The van der Waals surface area contributed by atoms with Crippen molar-refractivity contribution in [3.05, 3.63) is 23.8 Å². The molecule has 2 heterocycles. The first kappa shape index (κ1) is 16.1. The Bertz CT molecular complexity index is 547. The van der Waals surface area contributed by atoms with Crippen molar-refractivity contribution in [1.82, 2.24) is 10.2 Å². The average molecular weight is 318 g/mol. The number of hydrogen-bond donors (Lipinski definition) is 1. The molecule has 0 aliphatic carbocycles. The lowest BCUT2D eigenvalue weighted by Gasteiger charge is -2.28. The zero-order valence-electron chi connectivity index (χ0n) is 14.0. The summed E-state index contributed by atoms with van der Waals surface area (Å²) in [5.74, 6) is 1.47. The van der Waals surface area contributed by atoms with E-state index in [0.29, 0.717) is 42.4 Å². The van der Waals surface area contributed by atoms with E-state index in [4.69, 9.17) is 9.47 Å². The zero-order chi connectivity index (χ0) is 16.2. The molecule has 2 aliphatic heterocycles. The van der Waals surface area contributed by atoms with Gasteiger partial charge in [0.2, 0.25) is 0 Å². The van der Waals surface area contributed by atoms with Crippen molar-refractivity contribution >= 4 is 5.91 Å². The fourth-order valence-electron chi connectivity index (χ4n) is 3.65. The molecule has 3 rings (SSSR count). The number of ether oxygens (including phenoxy) is 2. The number of rotatable bonds is 5. The first-order chi connectivity index (χ1) is 11.2. The van der Waals surface area contributed by atoms with Crippen LogP contribution in [0.3, 0.4) is 0 Å². The summed E-state index contributed by atoms with van der Waals surface area (Å²) < 4.78 is 11.2. The average Bonchev–Trinajstić information content (AvgIpc) is 2.82. The van der Waals surface area contributed by atoms with Gasteiger partial charge in [0.05, 0.1) is 13.2 Å². The summed E-state index contributed by atoms with van der Waals surface area (Å²) in [6.45, 7) is 6.91. The third kappa shape index (κ3) is 3.29. The molecule has 0 aromatic heterocycles. The van der Waals surface area contributed by atoms with Crippen LogP contribution in [0.5, 0.6) is 11.5 Å². The van der Waals surface area contributed by atoms with E-state index in [2.05, 4.69) is 10.2 Å². The summed E-state index contributed by atoms with van der Waals surface area (Å²) in [6.07, 6.45) is 3.25. The Labute approximate surface area is 137 Å². The minimum Gasteiger partial charge on any atom is -0.490 e. The quantitative estimate of drug-likeness (QED) is 0.906. The van der Waals surface area contributed by atoms with Crippen LogP contribution in [0.2, 0.25) is 0 Å². The number of fused-ring (bicyclic) bond motifs is 2. The number of nitrogens with one attached hydrogen (secondary N) is 1. The maximum Gasteiger partial charge on any atom is 0.254 e. The van der Waals surface area contributed by atoms with Gasteiger partial charge in [-0.1, -0.05) is 0 Å². The highest BCUT2D eigenvalue weighted by molar-refractivity contribution is 5.95. The molecule has 2 atom stereocenters. The van der Waals surface area contributed by atoms with Crippen molar-refractivity contribution in [2.45, 2.75) is 45.2 Å². The minimum atomic E-state index is 0.116. The van der Waals surface area contributed by atoms with Crippen LogP contribution in [0.1, 0.15) is 43.5 Å². The third-order valence-electron chi connectivity index (χ3n) is 4.68. The van der Waals surface area contributed by atoms with Gasteiger partial charge in [0.15, 0.2) is 11.5 Å². The van der Waals surface area contributed by atoms with Crippen molar-refractivity contribution in [3.63, 3.8) is 0 Å². The van der Waals surface area contributed by atoms with E-state index in [9.17, 15) is 4.79 Å². The first-order valence-corrected chi connectivity index (χ1v) is 8.67. The fraction of sp³-hybridized carbons (Fsp3) is 0.611. The monoisotopic (exact) mass is 318 g/mol. The molecule has 1 aromatic rings. The van der Waals surface area contributed by atoms with Crippen LogP contribution < -0.4 is 14.8 Å². The molecular formula is C18H26N2O3. The van der Waals surface area contributed by atoms with Gasteiger partial charge >= 0.3 is 0 Å². The molecule has 0 spiro atoms. The Morgan fingerprint density at radius 3 is 2.65 bits per heavy atom. The molecule has 2 bridgehead atoms. The Morgan fingerprint density at radius 2 is 1.87 bits per heavy atom. The van der Waals surface area contributed by atoms with Crippen LogP contribution in [0.15, 0.2) is 18.2 Å². The summed E-state index contributed by atoms with van der Waals surface area (Å²) in [5, 5.41) is 3.43. The van der Waals surface area contributed by atoms with Crippen molar-refractivity contribution in [3.8, 4) is 11.5 Å². The molecule has 1 N–H and O–H groups in total. The van der Waals surface area contributed by atoms with Crippen molar-refractivity contribution in [2.24, 2.45) is 0 Å². The minimum absolute atomic E-state index is 0.116. The molecule has 0 saturated carbocycles. The molecule has 5 heteroatoms. The lowest BCUT2D eigenvalue weighted by atomic mass is 10.1. The molecule has 2 saturated heterocycles. The molecular weight excluding hydrogens is 292 g/mol. The van der Waals surface area contributed by atoms with E-state index >= 15 is 0 Å². The summed E-state index contributed by atoms with van der Waals surface area (Å²) >= 11 is 0. The first-order valence-electron chi connectivity index (χ1n) is 8.67. The molecule has 1 amide bonds. The zero-order valence-corrected chi connectivity index (χ0v) is 14.0. The molecule has 1 aromatic carbocycles. The van der Waals surface area contributed by atoms with Gasteiger partial charge in [0.25, 0.3) is 5.91 Å². The lowest BCUT2D eigenvalue weighted by molar-refractivity contribution is 0.0679. The smallest absolute Gasteiger partial charge is 0.254 e. The summed E-state index contributed by atoms with van der Waals surface area (Å²) in [5.41, 5.74) is 0.690. The van der Waals surface area contributed by atoms with Crippen LogP contribution in [-0.4, -0.2) is 49.2 Å². The second kappa shape index (κ2) is 7.21. The van der Waals surface area contributed by atoms with E-state index in [1.54, 1.807) is 0 Å². The van der Waals surface area contributed by atoms with Gasteiger partial charge in [-0.15, -0.1) is 0 Å². The Kier molecular flexibility index (Phi) is 5.06. The van der Waals surface area contributed by atoms with Gasteiger partial charge < -0.3 is 19.7 Å². The normalized spacial score (nSPS) is 23.5. The second-order valence-corrected chi connectivity index (χ2v) is 6.12. The van der Waals surface area contributed by atoms with E-state index in [-0.39, 0.29) is 5.91 Å². The van der Waals surface area contributed by atoms with E-state index in [1.807, 2.05) is 32.0 Å². The summed E-state index contributed by atoms with van der Waals surface area (Å²) in [6, 6.07) is 6.21. The van der Waals surface area contributed by atoms with Crippen LogP contribution in [0.4, 0.5) is 0 Å². The molecule has 2 unspecified atom stereocenters. The van der Waals surface area contributed by atoms with Gasteiger partial charge in [-0.25, -0.2) is 0 Å². The molecule has 2 aliphatic rings. The van der Waals surface area contributed by atoms with Crippen molar-refractivity contribution in [1.29, 1.82) is 0 Å². The van der Waals surface area contributed by atoms with E-state index in [1.165, 1.54) is 0 Å². The van der Waals surface area contributed by atoms with Crippen molar-refractivity contribution in [2.75, 3.05) is 26.3 Å². The van der Waals surface area contributed by atoms with Gasteiger partial charge in [0, 0.05) is 24.2 Å². The van der Waals surface area contributed by atoms with Crippen LogP contribution in [0, 0.1) is 0 Å².